The number of nitrogens with one attached hydrogen (secondary N) is 1. The number of carbonyl (C=O) groups is 2. The Labute approximate surface area is 106 Å². The summed E-state index contributed by atoms with van der Waals surface area (Å²) in [6, 6.07) is 0. The van der Waals surface area contributed by atoms with Crippen molar-refractivity contribution in [3.8, 4) is 0 Å². The van der Waals surface area contributed by atoms with Gasteiger partial charge in [-0.3, -0.25) is 9.59 Å². The molecule has 2 N–H and O–H groups in total. The van der Waals surface area contributed by atoms with Gasteiger partial charge in [0.15, 0.2) is 0 Å². The third kappa shape index (κ3) is 9.68. The standard InChI is InChI=1S/C12H19NO3S/c1-3-4-5-10(8-11(14)13-2)6-7-17-9-12(15)16/h6-8H,3-5,9H2,1-2H3,(H,13,14)(H,15,16)/b7-6+,10-8-. The fourth-order valence-corrected chi connectivity index (χ4v) is 1.59. The maximum atomic E-state index is 11.2. The molecule has 5 heteroatoms. The smallest absolute Gasteiger partial charge is 0.313 e. The molecule has 0 aromatic rings. The van der Waals surface area contributed by atoms with E-state index in [-0.39, 0.29) is 11.7 Å². The number of amides is 1. The molecule has 96 valence electrons. The minimum absolute atomic E-state index is 0.0392. The maximum absolute atomic E-state index is 11.2. The van der Waals surface area contributed by atoms with Gasteiger partial charge in [-0.05, 0) is 23.8 Å². The van der Waals surface area contributed by atoms with Gasteiger partial charge < -0.3 is 10.4 Å². The van der Waals surface area contributed by atoms with Crippen LogP contribution in [0, 0.1) is 0 Å². The molecule has 0 aliphatic rings. The van der Waals surface area contributed by atoms with Crippen LogP contribution in [0.1, 0.15) is 26.2 Å². The molecule has 0 bridgehead atoms. The number of allylic oxidation sites excluding steroid dienone is 2. The molecule has 0 saturated carbocycles. The molecule has 0 aromatic carbocycles. The fourth-order valence-electron chi connectivity index (χ4n) is 1.08. The zero-order valence-electron chi connectivity index (χ0n) is 10.2. The lowest BCUT2D eigenvalue weighted by molar-refractivity contribution is -0.133. The Morgan fingerprint density at radius 1 is 1.41 bits per heavy atom. The Hall–Kier alpha value is -1.23. The number of hydrogen-bond donors (Lipinski definition) is 2. The number of carboxylic acids is 1. The van der Waals surface area contributed by atoms with Gasteiger partial charge in [-0.15, -0.1) is 11.8 Å². The lowest BCUT2D eigenvalue weighted by Gasteiger charge is -2.00. The zero-order valence-corrected chi connectivity index (χ0v) is 11.0. The number of carboxylic acid groups (broad SMARTS) is 1. The summed E-state index contributed by atoms with van der Waals surface area (Å²) in [7, 11) is 1.58. The van der Waals surface area contributed by atoms with E-state index in [2.05, 4.69) is 12.2 Å². The molecule has 0 heterocycles. The largest absolute Gasteiger partial charge is 0.481 e. The topological polar surface area (TPSA) is 66.4 Å². The van der Waals surface area contributed by atoms with Crippen molar-refractivity contribution in [3.63, 3.8) is 0 Å². The molecule has 0 fully saturated rings. The Morgan fingerprint density at radius 2 is 2.12 bits per heavy atom. The first-order valence-electron chi connectivity index (χ1n) is 5.52. The van der Waals surface area contributed by atoms with Gasteiger partial charge >= 0.3 is 5.97 Å². The van der Waals surface area contributed by atoms with Crippen LogP contribution in [0.4, 0.5) is 0 Å². The average molecular weight is 257 g/mol. The van der Waals surface area contributed by atoms with Crippen LogP contribution in [0.3, 0.4) is 0 Å². The summed E-state index contributed by atoms with van der Waals surface area (Å²) >= 11 is 1.21. The molecule has 0 spiro atoms. The third-order valence-corrected chi connectivity index (χ3v) is 2.71. The van der Waals surface area contributed by atoms with Crippen molar-refractivity contribution in [2.24, 2.45) is 0 Å². The molecular formula is C12H19NO3S. The average Bonchev–Trinajstić information content (AvgIpc) is 2.30. The van der Waals surface area contributed by atoms with Crippen LogP contribution >= 0.6 is 11.8 Å². The van der Waals surface area contributed by atoms with Crippen LogP contribution in [0.2, 0.25) is 0 Å². The molecule has 0 rings (SSSR count). The monoisotopic (exact) mass is 257 g/mol. The minimum atomic E-state index is -0.843. The van der Waals surface area contributed by atoms with Crippen LogP contribution in [0.25, 0.3) is 0 Å². The van der Waals surface area contributed by atoms with Crippen LogP contribution < -0.4 is 5.32 Å². The van der Waals surface area contributed by atoms with Gasteiger partial charge in [-0.1, -0.05) is 19.4 Å². The number of rotatable bonds is 8. The summed E-state index contributed by atoms with van der Waals surface area (Å²) in [5.74, 6) is -0.939. The van der Waals surface area contributed by atoms with Crippen molar-refractivity contribution in [3.05, 3.63) is 23.1 Å². The maximum Gasteiger partial charge on any atom is 0.313 e. The SMILES string of the molecule is CCCCC(=C/C(=O)NC)/C=C/SCC(=O)O. The van der Waals surface area contributed by atoms with Crippen molar-refractivity contribution in [2.45, 2.75) is 26.2 Å². The number of unbranched alkanes of at least 4 members (excludes halogenated alkanes) is 1. The minimum Gasteiger partial charge on any atom is -0.481 e. The second kappa shape index (κ2) is 9.96. The normalized spacial score (nSPS) is 11.8. The first kappa shape index (κ1) is 15.8. The Balaban J connectivity index is 4.32. The number of carbonyl (C=O) groups excluding carboxylic acids is 1. The fraction of sp³-hybridized carbons (Fsp3) is 0.500. The molecule has 0 aliphatic carbocycles. The molecule has 4 nitrogen and oxygen atoms in total. The summed E-state index contributed by atoms with van der Waals surface area (Å²) < 4.78 is 0. The predicted octanol–water partition coefficient (Wildman–Crippen LogP) is 2.18. The second-order valence-corrected chi connectivity index (χ2v) is 4.34. The predicted molar refractivity (Wildman–Crippen MR) is 70.9 cm³/mol. The Bertz CT molecular complexity index is 311. The molecule has 17 heavy (non-hydrogen) atoms. The Morgan fingerprint density at radius 3 is 2.65 bits per heavy atom. The number of thioether (sulfide) groups is 1. The molecular weight excluding hydrogens is 238 g/mol. The van der Waals surface area contributed by atoms with Gasteiger partial charge in [-0.25, -0.2) is 0 Å². The van der Waals surface area contributed by atoms with E-state index in [1.165, 1.54) is 11.8 Å². The van der Waals surface area contributed by atoms with Gasteiger partial charge in [0.25, 0.3) is 0 Å². The highest BCUT2D eigenvalue weighted by molar-refractivity contribution is 8.02. The quantitative estimate of drug-likeness (QED) is 0.516. The molecule has 0 aromatic heterocycles. The third-order valence-electron chi connectivity index (χ3n) is 1.97. The van der Waals surface area contributed by atoms with Crippen LogP contribution in [0.5, 0.6) is 0 Å². The molecule has 0 atom stereocenters. The lowest BCUT2D eigenvalue weighted by Crippen LogP contribution is -2.14. The van der Waals surface area contributed by atoms with E-state index in [9.17, 15) is 9.59 Å². The number of hydrogen-bond acceptors (Lipinski definition) is 3. The van der Waals surface area contributed by atoms with Gasteiger partial charge in [0.05, 0.1) is 5.75 Å². The van der Waals surface area contributed by atoms with Gasteiger partial charge in [0.2, 0.25) is 5.91 Å². The first-order valence-corrected chi connectivity index (χ1v) is 6.57. The summed E-state index contributed by atoms with van der Waals surface area (Å²) in [6.07, 6.45) is 6.25. The van der Waals surface area contributed by atoms with Crippen molar-refractivity contribution in [2.75, 3.05) is 12.8 Å². The summed E-state index contributed by atoms with van der Waals surface area (Å²) in [4.78, 5) is 21.5. The van der Waals surface area contributed by atoms with E-state index in [1.807, 2.05) is 0 Å². The molecule has 0 unspecified atom stereocenters. The summed E-state index contributed by atoms with van der Waals surface area (Å²) in [5, 5.41) is 12.7. The highest BCUT2D eigenvalue weighted by Crippen LogP contribution is 2.12. The highest BCUT2D eigenvalue weighted by atomic mass is 32.2. The number of aliphatic carboxylic acids is 1. The van der Waals surface area contributed by atoms with Crippen molar-refractivity contribution in [1.29, 1.82) is 0 Å². The van der Waals surface area contributed by atoms with Gasteiger partial charge in [0.1, 0.15) is 0 Å². The second-order valence-electron chi connectivity index (χ2n) is 3.44. The first-order chi connectivity index (χ1) is 8.10. The van der Waals surface area contributed by atoms with Gasteiger partial charge in [-0.2, -0.15) is 0 Å². The van der Waals surface area contributed by atoms with E-state index >= 15 is 0 Å². The van der Waals surface area contributed by atoms with E-state index < -0.39 is 5.97 Å². The summed E-state index contributed by atoms with van der Waals surface area (Å²) in [6.45, 7) is 2.08. The Kier molecular flexibility index (Phi) is 9.24. The van der Waals surface area contributed by atoms with Crippen LogP contribution in [0.15, 0.2) is 23.1 Å². The lowest BCUT2D eigenvalue weighted by atomic mass is 10.1. The number of likely N-dealkylation sites (N-methyl/N-ethyl adjacent to an activating group) is 1. The zero-order chi connectivity index (χ0) is 13.1. The summed E-state index contributed by atoms with van der Waals surface area (Å²) in [5.41, 5.74) is 0.920. The molecule has 0 radical (unpaired) electrons. The van der Waals surface area contributed by atoms with Crippen LogP contribution in [-0.4, -0.2) is 29.8 Å². The van der Waals surface area contributed by atoms with Crippen molar-refractivity contribution in [1.82, 2.24) is 5.32 Å². The van der Waals surface area contributed by atoms with E-state index in [0.29, 0.717) is 0 Å². The van der Waals surface area contributed by atoms with Crippen LogP contribution in [-0.2, 0) is 9.59 Å². The van der Waals surface area contributed by atoms with Gasteiger partial charge in [0, 0.05) is 13.1 Å². The van der Waals surface area contributed by atoms with Crippen molar-refractivity contribution >= 4 is 23.6 Å². The van der Waals surface area contributed by atoms with E-state index in [1.54, 1.807) is 24.6 Å². The van der Waals surface area contributed by atoms with E-state index in [4.69, 9.17) is 5.11 Å². The molecule has 0 aliphatic heterocycles. The highest BCUT2D eigenvalue weighted by Gasteiger charge is 1.98. The van der Waals surface area contributed by atoms with E-state index in [0.717, 1.165) is 24.8 Å². The van der Waals surface area contributed by atoms with Crippen molar-refractivity contribution < 1.29 is 14.7 Å². The molecule has 1 amide bonds. The molecule has 0 saturated heterocycles.